The lowest BCUT2D eigenvalue weighted by molar-refractivity contribution is -0.152. The van der Waals surface area contributed by atoms with Crippen LogP contribution in [0.3, 0.4) is 0 Å². The molecule has 2 aromatic carbocycles. The molecule has 224 valence electrons. The third-order valence-corrected chi connectivity index (χ3v) is 8.74. The molecule has 0 aromatic heterocycles. The first-order valence-corrected chi connectivity index (χ1v) is 14.2. The van der Waals surface area contributed by atoms with Crippen LogP contribution in [-0.2, 0) is 32.1 Å². The van der Waals surface area contributed by atoms with E-state index in [1.807, 2.05) is 0 Å². The number of nitrogens with zero attached hydrogens (tertiary/aromatic N) is 1. The first kappa shape index (κ1) is 30.7. The fraction of sp³-hybridized carbons (Fsp3) is 0.360. The Bertz CT molecular complexity index is 1470. The Balaban J connectivity index is 1.35. The number of amides is 3. The second kappa shape index (κ2) is 12.1. The van der Waals surface area contributed by atoms with E-state index in [0.717, 1.165) is 4.90 Å². The third kappa shape index (κ3) is 6.62. The van der Waals surface area contributed by atoms with Gasteiger partial charge in [0.05, 0.1) is 25.2 Å². The minimum absolute atomic E-state index is 0.0854. The van der Waals surface area contributed by atoms with Crippen LogP contribution < -0.4 is 21.2 Å². The lowest BCUT2D eigenvalue weighted by Gasteiger charge is -2.25. The van der Waals surface area contributed by atoms with Gasteiger partial charge in [0.15, 0.2) is 9.68 Å². The van der Waals surface area contributed by atoms with Gasteiger partial charge >= 0.3 is 26.4 Å². The summed E-state index contributed by atoms with van der Waals surface area (Å²) in [6, 6.07) is 6.98. The number of carboxylic acid groups (broad SMARTS) is 1. The highest BCUT2D eigenvalue weighted by Gasteiger charge is 2.45. The Morgan fingerprint density at radius 3 is 2.16 bits per heavy atom. The summed E-state index contributed by atoms with van der Waals surface area (Å²) in [5.74, 6) is -3.86. The maximum Gasteiger partial charge on any atom is 0.491 e. The van der Waals surface area contributed by atoms with E-state index in [1.54, 1.807) is 12.1 Å². The average molecular weight is 617 g/mol. The SMILES string of the molecule is O=C(O)C[C@H]([Si]NC(=O)[C@@H]1CC(NC(=O)c2ccc3c(c2)B(O)OC3)CN1C(=O)c1ccc2c(c1)B(O)OC2)C(F)(F)F. The summed E-state index contributed by atoms with van der Waals surface area (Å²) in [5.41, 5.74) is 0.107. The first-order chi connectivity index (χ1) is 20.3. The number of carbonyl (C=O) groups excluding carboxylic acids is 3. The van der Waals surface area contributed by atoms with E-state index < -0.39 is 77.8 Å². The number of carboxylic acids is 1. The number of nitrogens with one attached hydrogen (secondary N) is 2. The van der Waals surface area contributed by atoms with Gasteiger partial charge in [0, 0.05) is 23.7 Å². The molecule has 5 N–H and O–H groups in total. The van der Waals surface area contributed by atoms with Crippen molar-refractivity contribution in [3.63, 3.8) is 0 Å². The van der Waals surface area contributed by atoms with Gasteiger partial charge in [-0.3, -0.25) is 19.2 Å². The lowest BCUT2D eigenvalue weighted by atomic mass is 9.78. The lowest BCUT2D eigenvalue weighted by Crippen LogP contribution is -2.48. The van der Waals surface area contributed by atoms with Crippen LogP contribution in [0.4, 0.5) is 13.2 Å². The largest absolute Gasteiger partial charge is 0.491 e. The highest BCUT2D eigenvalue weighted by atomic mass is 28.2. The van der Waals surface area contributed by atoms with Gasteiger partial charge < -0.3 is 39.7 Å². The molecule has 3 heterocycles. The van der Waals surface area contributed by atoms with Crippen LogP contribution in [-0.4, -0.2) is 92.5 Å². The number of benzene rings is 2. The van der Waals surface area contributed by atoms with Crippen LogP contribution >= 0.6 is 0 Å². The third-order valence-electron chi connectivity index (χ3n) is 7.47. The van der Waals surface area contributed by atoms with Gasteiger partial charge in [-0.25, -0.2) is 0 Å². The zero-order chi connectivity index (χ0) is 31.1. The molecule has 2 radical (unpaired) electrons. The van der Waals surface area contributed by atoms with Gasteiger partial charge in [0.1, 0.15) is 6.04 Å². The van der Waals surface area contributed by atoms with Gasteiger partial charge in [-0.1, -0.05) is 12.1 Å². The summed E-state index contributed by atoms with van der Waals surface area (Å²) < 4.78 is 50.4. The predicted molar refractivity (Wildman–Crippen MR) is 144 cm³/mol. The fourth-order valence-electron chi connectivity index (χ4n) is 5.22. The normalized spacial score (nSPS) is 20.1. The number of halogens is 3. The van der Waals surface area contributed by atoms with Crippen molar-refractivity contribution in [1.29, 1.82) is 0 Å². The van der Waals surface area contributed by atoms with Crippen molar-refractivity contribution in [3.8, 4) is 0 Å². The second-order valence-electron chi connectivity index (χ2n) is 10.4. The molecule has 18 heteroatoms. The van der Waals surface area contributed by atoms with Gasteiger partial charge in [0.2, 0.25) is 5.91 Å². The Kier molecular flexibility index (Phi) is 8.67. The Labute approximate surface area is 245 Å². The maximum absolute atomic E-state index is 13.6. The van der Waals surface area contributed by atoms with Crippen LogP contribution in [0.25, 0.3) is 0 Å². The van der Waals surface area contributed by atoms with E-state index in [9.17, 15) is 42.4 Å². The zero-order valence-electron chi connectivity index (χ0n) is 22.3. The molecule has 3 aliphatic rings. The number of likely N-dealkylation sites (tertiary alicyclic amines) is 1. The minimum Gasteiger partial charge on any atom is -0.481 e. The number of alkyl halides is 3. The molecular weight excluding hydrogens is 593 g/mol. The molecule has 2 aromatic rings. The molecule has 1 unspecified atom stereocenters. The fourth-order valence-corrected chi connectivity index (χ4v) is 6.14. The quantitative estimate of drug-likeness (QED) is 0.226. The van der Waals surface area contributed by atoms with Crippen molar-refractivity contribution < 1.29 is 56.8 Å². The predicted octanol–water partition coefficient (Wildman–Crippen LogP) is -1.30. The smallest absolute Gasteiger partial charge is 0.481 e. The van der Waals surface area contributed by atoms with Crippen molar-refractivity contribution in [2.24, 2.45) is 0 Å². The Hall–Kier alpha value is -3.70. The summed E-state index contributed by atoms with van der Waals surface area (Å²) in [6.45, 7) is 0.150. The van der Waals surface area contributed by atoms with Gasteiger partial charge in [0.25, 0.3) is 11.8 Å². The summed E-state index contributed by atoms with van der Waals surface area (Å²) in [6.07, 6.45) is -6.27. The Morgan fingerprint density at radius 2 is 1.58 bits per heavy atom. The topological polar surface area (TPSA) is 175 Å². The summed E-state index contributed by atoms with van der Waals surface area (Å²) in [4.78, 5) is 54.1. The van der Waals surface area contributed by atoms with Crippen molar-refractivity contribution >= 4 is 58.5 Å². The van der Waals surface area contributed by atoms with E-state index in [2.05, 4.69) is 10.3 Å². The number of rotatable bonds is 8. The van der Waals surface area contributed by atoms with Crippen LogP contribution in [0, 0.1) is 0 Å². The molecule has 1 saturated heterocycles. The number of fused-ring (bicyclic) bond motifs is 2. The van der Waals surface area contributed by atoms with Crippen molar-refractivity contribution in [2.45, 2.75) is 49.9 Å². The van der Waals surface area contributed by atoms with Crippen LogP contribution in [0.15, 0.2) is 36.4 Å². The van der Waals surface area contributed by atoms with E-state index >= 15 is 0 Å². The zero-order valence-corrected chi connectivity index (χ0v) is 23.3. The summed E-state index contributed by atoms with van der Waals surface area (Å²) in [5, 5.41) is 31.6. The molecule has 43 heavy (non-hydrogen) atoms. The molecule has 3 aliphatic heterocycles. The van der Waals surface area contributed by atoms with Crippen molar-refractivity contribution in [2.75, 3.05) is 6.54 Å². The van der Waals surface area contributed by atoms with Crippen LogP contribution in [0.5, 0.6) is 0 Å². The molecule has 3 atom stereocenters. The highest BCUT2D eigenvalue weighted by Crippen LogP contribution is 2.33. The Morgan fingerprint density at radius 1 is 1.00 bits per heavy atom. The van der Waals surface area contributed by atoms with E-state index in [0.29, 0.717) is 22.1 Å². The van der Waals surface area contributed by atoms with E-state index in [-0.39, 0.29) is 37.3 Å². The molecule has 3 amide bonds. The van der Waals surface area contributed by atoms with Crippen LogP contribution in [0.2, 0.25) is 5.54 Å². The highest BCUT2D eigenvalue weighted by molar-refractivity contribution is 6.62. The summed E-state index contributed by atoms with van der Waals surface area (Å²) in [7, 11) is -3.76. The van der Waals surface area contributed by atoms with E-state index in [1.165, 1.54) is 24.3 Å². The average Bonchev–Trinajstić information content (AvgIpc) is 3.66. The van der Waals surface area contributed by atoms with Gasteiger partial charge in [-0.2, -0.15) is 13.2 Å². The number of carbonyl (C=O) groups is 4. The first-order valence-electron chi connectivity index (χ1n) is 13.1. The van der Waals surface area contributed by atoms with E-state index in [4.69, 9.17) is 14.4 Å². The standard InChI is InChI=1S/C25H24B2F3N3O9Si/c28-25(29,30)20(8-21(34)35)43-32-23(37)19-7-16(31-22(36)12-1-3-14-10-41-26(39)17(14)5-12)9-33(19)24(38)13-2-4-15-11-42-27(40)18(15)6-13/h1-6,16,19-20,39-40H,7-11H2,(H,31,36)(H,32,37)(H,34,35)/t16?,19-,20-/m0/s1. The molecule has 0 bridgehead atoms. The van der Waals surface area contributed by atoms with Crippen molar-refractivity contribution in [1.82, 2.24) is 15.2 Å². The number of aliphatic carboxylic acids is 1. The van der Waals surface area contributed by atoms with Gasteiger partial charge in [-0.15, -0.1) is 0 Å². The second-order valence-corrected chi connectivity index (χ2v) is 11.6. The molecule has 0 spiro atoms. The maximum atomic E-state index is 13.6. The molecule has 5 rings (SSSR count). The molecular formula is C25H24B2F3N3O9Si. The molecule has 0 aliphatic carbocycles. The van der Waals surface area contributed by atoms with Crippen molar-refractivity contribution in [3.05, 3.63) is 58.7 Å². The number of hydrogen-bond donors (Lipinski definition) is 5. The molecule has 1 fully saturated rings. The summed E-state index contributed by atoms with van der Waals surface area (Å²) >= 11 is 0. The molecule has 0 saturated carbocycles. The van der Waals surface area contributed by atoms with Crippen LogP contribution in [0.1, 0.15) is 44.7 Å². The monoisotopic (exact) mass is 617 g/mol. The minimum atomic E-state index is -4.88. The number of hydrogen-bond acceptors (Lipinski definition) is 8. The molecule has 12 nitrogen and oxygen atoms in total. The van der Waals surface area contributed by atoms with Gasteiger partial charge in [-0.05, 0) is 52.7 Å².